The number of ether oxygens (including phenoxy) is 1. The van der Waals surface area contributed by atoms with Crippen molar-refractivity contribution in [3.63, 3.8) is 0 Å². The number of H-pyrrole nitrogens is 1. The lowest BCUT2D eigenvalue weighted by molar-refractivity contribution is -0.137. The van der Waals surface area contributed by atoms with Crippen LogP contribution < -0.4 is 10.1 Å². The molecule has 2 N–H and O–H groups in total. The molecule has 2 aromatic carbocycles. The third-order valence-electron chi connectivity index (χ3n) is 3.81. The Morgan fingerprint density at radius 2 is 1.59 bits per heavy atom. The maximum absolute atomic E-state index is 12.8. The molecule has 8 heteroatoms. The molecule has 0 bridgehead atoms. The average Bonchev–Trinajstić information content (AvgIpc) is 3.05. The number of aromatic amines is 1. The summed E-state index contributed by atoms with van der Waals surface area (Å²) in [6.07, 6.45) is -1.12. The zero-order valence-corrected chi connectivity index (χ0v) is 13.8. The van der Waals surface area contributed by atoms with Crippen LogP contribution >= 0.6 is 0 Å². The first-order valence-electron chi connectivity index (χ1n) is 7.99. The van der Waals surface area contributed by atoms with E-state index < -0.39 is 11.7 Å². The summed E-state index contributed by atoms with van der Waals surface area (Å²) in [7, 11) is 0. The van der Waals surface area contributed by atoms with Crippen LogP contribution in [0.1, 0.15) is 5.56 Å². The van der Waals surface area contributed by atoms with Gasteiger partial charge >= 0.3 is 6.18 Å². The molecule has 2 heterocycles. The second-order valence-electron chi connectivity index (χ2n) is 5.75. The minimum atomic E-state index is -4.39. The number of nitrogens with one attached hydrogen (secondary N) is 2. The summed E-state index contributed by atoms with van der Waals surface area (Å²) in [5, 5.41) is 3.03. The summed E-state index contributed by atoms with van der Waals surface area (Å²) in [5.74, 6) is 1.67. The summed E-state index contributed by atoms with van der Waals surface area (Å²) in [4.78, 5) is 11.0. The summed E-state index contributed by atoms with van der Waals surface area (Å²) in [6, 6.07) is 14.0. The van der Waals surface area contributed by atoms with E-state index in [1.807, 2.05) is 0 Å². The molecule has 0 atom stereocenters. The Morgan fingerprint density at radius 3 is 2.30 bits per heavy atom. The molecule has 0 unspecified atom stereocenters. The van der Waals surface area contributed by atoms with Gasteiger partial charge < -0.3 is 15.0 Å². The third-order valence-corrected chi connectivity index (χ3v) is 3.81. The standard InChI is InChI=1S/C19H13F3N4O/c20-19(21,22)12-1-6-16-17(11-12)26-18(25-16)24-13-2-4-14(5-3-13)27-15-7-9-23-10-8-15/h1-11H,(H2,24,25,26). The number of nitrogens with zero attached hydrogens (tertiary/aromatic N) is 2. The number of fused-ring (bicyclic) bond motifs is 1. The van der Waals surface area contributed by atoms with Crippen molar-refractivity contribution in [3.8, 4) is 11.5 Å². The second kappa shape index (κ2) is 6.64. The smallest absolute Gasteiger partial charge is 0.416 e. The molecule has 0 spiro atoms. The molecule has 27 heavy (non-hydrogen) atoms. The molecule has 2 aromatic heterocycles. The number of halogens is 3. The fourth-order valence-corrected chi connectivity index (χ4v) is 2.53. The van der Waals surface area contributed by atoms with Gasteiger partial charge in [0.05, 0.1) is 16.6 Å². The van der Waals surface area contributed by atoms with E-state index in [0.717, 1.165) is 12.1 Å². The molecule has 0 aliphatic rings. The number of aromatic nitrogens is 3. The maximum atomic E-state index is 12.8. The Balaban J connectivity index is 1.50. The molecule has 0 saturated carbocycles. The van der Waals surface area contributed by atoms with Crippen molar-refractivity contribution in [2.45, 2.75) is 6.18 Å². The fraction of sp³-hybridized carbons (Fsp3) is 0.0526. The number of anilines is 2. The number of hydrogen-bond acceptors (Lipinski definition) is 4. The lowest BCUT2D eigenvalue weighted by atomic mass is 10.2. The minimum absolute atomic E-state index is 0.310. The quantitative estimate of drug-likeness (QED) is 0.497. The van der Waals surface area contributed by atoms with Crippen LogP contribution in [-0.2, 0) is 6.18 Å². The van der Waals surface area contributed by atoms with Gasteiger partial charge in [-0.05, 0) is 54.6 Å². The summed E-state index contributed by atoms with van der Waals surface area (Å²) >= 11 is 0. The van der Waals surface area contributed by atoms with Gasteiger partial charge in [-0.15, -0.1) is 0 Å². The molecular formula is C19H13F3N4O. The molecule has 0 aliphatic heterocycles. The van der Waals surface area contributed by atoms with Gasteiger partial charge in [-0.1, -0.05) is 0 Å². The molecule has 4 aromatic rings. The predicted molar refractivity (Wildman–Crippen MR) is 95.1 cm³/mol. The Labute approximate surface area is 151 Å². The Kier molecular flexibility index (Phi) is 4.15. The Morgan fingerprint density at radius 1 is 0.889 bits per heavy atom. The largest absolute Gasteiger partial charge is 0.457 e. The van der Waals surface area contributed by atoms with Crippen LogP contribution in [0.25, 0.3) is 11.0 Å². The first kappa shape index (κ1) is 16.9. The predicted octanol–water partition coefficient (Wildman–Crippen LogP) is 5.51. The van der Waals surface area contributed by atoms with Crippen molar-refractivity contribution < 1.29 is 17.9 Å². The molecule has 0 saturated heterocycles. The highest BCUT2D eigenvalue weighted by Gasteiger charge is 2.30. The van der Waals surface area contributed by atoms with Crippen molar-refractivity contribution >= 4 is 22.7 Å². The number of hydrogen-bond donors (Lipinski definition) is 2. The first-order chi connectivity index (χ1) is 13.0. The average molecular weight is 370 g/mol. The number of imidazole rings is 1. The number of pyridine rings is 1. The van der Waals surface area contributed by atoms with Crippen molar-refractivity contribution in [1.29, 1.82) is 0 Å². The zero-order chi connectivity index (χ0) is 18.9. The normalized spacial score (nSPS) is 11.5. The molecular weight excluding hydrogens is 357 g/mol. The van der Waals surface area contributed by atoms with Gasteiger partial charge in [-0.3, -0.25) is 4.98 Å². The van der Waals surface area contributed by atoms with Gasteiger partial charge in [-0.2, -0.15) is 13.2 Å². The van der Waals surface area contributed by atoms with Crippen molar-refractivity contribution in [1.82, 2.24) is 15.0 Å². The van der Waals surface area contributed by atoms with E-state index in [1.165, 1.54) is 6.07 Å². The van der Waals surface area contributed by atoms with Crippen LogP contribution in [-0.4, -0.2) is 15.0 Å². The molecule has 0 fully saturated rings. The number of alkyl halides is 3. The minimum Gasteiger partial charge on any atom is -0.457 e. The highest BCUT2D eigenvalue weighted by molar-refractivity contribution is 5.79. The van der Waals surface area contributed by atoms with Gasteiger partial charge in [0.1, 0.15) is 11.5 Å². The van der Waals surface area contributed by atoms with Crippen LogP contribution in [0.15, 0.2) is 67.0 Å². The maximum Gasteiger partial charge on any atom is 0.416 e. The molecule has 136 valence electrons. The van der Waals surface area contributed by atoms with E-state index in [4.69, 9.17) is 4.74 Å². The zero-order valence-electron chi connectivity index (χ0n) is 13.8. The summed E-state index contributed by atoms with van der Waals surface area (Å²) in [6.45, 7) is 0. The lowest BCUT2D eigenvalue weighted by Crippen LogP contribution is -2.04. The molecule has 5 nitrogen and oxygen atoms in total. The van der Waals surface area contributed by atoms with Crippen LogP contribution in [0, 0.1) is 0 Å². The van der Waals surface area contributed by atoms with E-state index in [1.54, 1.807) is 48.8 Å². The first-order valence-corrected chi connectivity index (χ1v) is 7.99. The summed E-state index contributed by atoms with van der Waals surface area (Å²) < 4.78 is 44.1. The van der Waals surface area contributed by atoms with Gasteiger partial charge in [-0.25, -0.2) is 4.98 Å². The second-order valence-corrected chi connectivity index (χ2v) is 5.75. The molecule has 0 amide bonds. The van der Waals surface area contributed by atoms with Crippen LogP contribution in [0.3, 0.4) is 0 Å². The topological polar surface area (TPSA) is 62.8 Å². The number of benzene rings is 2. The summed E-state index contributed by atoms with van der Waals surface area (Å²) in [5.41, 5.74) is 0.753. The van der Waals surface area contributed by atoms with Gasteiger partial charge in [0, 0.05) is 18.1 Å². The third kappa shape index (κ3) is 3.84. The van der Waals surface area contributed by atoms with E-state index in [2.05, 4.69) is 20.3 Å². The fourth-order valence-electron chi connectivity index (χ4n) is 2.53. The van der Waals surface area contributed by atoms with Crippen LogP contribution in [0.2, 0.25) is 0 Å². The molecule has 4 rings (SSSR count). The van der Waals surface area contributed by atoms with Gasteiger partial charge in [0.2, 0.25) is 5.95 Å². The van der Waals surface area contributed by atoms with E-state index >= 15 is 0 Å². The Hall–Kier alpha value is -3.55. The van der Waals surface area contributed by atoms with Crippen LogP contribution in [0.4, 0.5) is 24.8 Å². The van der Waals surface area contributed by atoms with Crippen molar-refractivity contribution in [2.75, 3.05) is 5.32 Å². The highest BCUT2D eigenvalue weighted by atomic mass is 19.4. The van der Waals surface area contributed by atoms with Crippen LogP contribution in [0.5, 0.6) is 11.5 Å². The highest BCUT2D eigenvalue weighted by Crippen LogP contribution is 2.31. The van der Waals surface area contributed by atoms with E-state index in [9.17, 15) is 13.2 Å². The molecule has 0 aliphatic carbocycles. The van der Waals surface area contributed by atoms with Gasteiger partial charge in [0.15, 0.2) is 0 Å². The molecule has 0 radical (unpaired) electrons. The number of rotatable bonds is 4. The van der Waals surface area contributed by atoms with Crippen molar-refractivity contribution in [3.05, 3.63) is 72.6 Å². The van der Waals surface area contributed by atoms with E-state index in [-0.39, 0.29) is 0 Å². The lowest BCUT2D eigenvalue weighted by Gasteiger charge is -2.07. The van der Waals surface area contributed by atoms with E-state index in [0.29, 0.717) is 34.2 Å². The SMILES string of the molecule is FC(F)(F)c1ccc2nc(Nc3ccc(Oc4ccncc4)cc3)[nH]c2c1. The van der Waals surface area contributed by atoms with Crippen molar-refractivity contribution in [2.24, 2.45) is 0 Å². The van der Waals surface area contributed by atoms with Gasteiger partial charge in [0.25, 0.3) is 0 Å². The monoisotopic (exact) mass is 370 g/mol. The Bertz CT molecular complexity index is 1060.